The third kappa shape index (κ3) is 3.97. The summed E-state index contributed by atoms with van der Waals surface area (Å²) < 4.78 is 17.7. The van der Waals surface area contributed by atoms with Crippen LogP contribution in [-0.4, -0.2) is 17.5 Å². The molecule has 1 aromatic carbocycles. The van der Waals surface area contributed by atoms with Gasteiger partial charge in [-0.15, -0.1) is 0 Å². The zero-order valence-corrected chi connectivity index (χ0v) is 9.76. The summed E-state index contributed by atoms with van der Waals surface area (Å²) >= 11 is 0. The first-order valence-corrected chi connectivity index (χ1v) is 5.30. The van der Waals surface area contributed by atoms with Gasteiger partial charge in [0, 0.05) is 6.07 Å². The Morgan fingerprint density at radius 2 is 2.28 bits per heavy atom. The van der Waals surface area contributed by atoms with Crippen LogP contribution >= 0.6 is 0 Å². The zero-order chi connectivity index (χ0) is 13.5. The predicted octanol–water partition coefficient (Wildman–Crippen LogP) is 2.70. The van der Waals surface area contributed by atoms with E-state index in [0.717, 1.165) is 12.1 Å². The number of ether oxygens (including phenoxy) is 1. The number of hydrogen-bond acceptors (Lipinski definition) is 4. The lowest BCUT2D eigenvalue weighted by atomic mass is 10.1. The summed E-state index contributed by atoms with van der Waals surface area (Å²) in [7, 11) is 0. The van der Waals surface area contributed by atoms with Crippen LogP contribution in [0, 0.1) is 15.9 Å². The average molecular weight is 253 g/mol. The van der Waals surface area contributed by atoms with Crippen LogP contribution in [0.25, 0.3) is 6.08 Å². The van der Waals surface area contributed by atoms with Gasteiger partial charge in [-0.1, -0.05) is 18.2 Å². The lowest BCUT2D eigenvalue weighted by Crippen LogP contribution is -2.01. The van der Waals surface area contributed by atoms with Crippen LogP contribution in [0.1, 0.15) is 18.9 Å². The van der Waals surface area contributed by atoms with Gasteiger partial charge >= 0.3 is 11.7 Å². The number of nitro benzene ring substituents is 1. The Balaban J connectivity index is 2.73. The Bertz CT molecular complexity index is 485. The fourth-order valence-corrected chi connectivity index (χ4v) is 1.28. The molecule has 0 aliphatic heterocycles. The molecule has 0 radical (unpaired) electrons. The van der Waals surface area contributed by atoms with Gasteiger partial charge in [-0.2, -0.15) is 4.39 Å². The van der Waals surface area contributed by atoms with Crippen molar-refractivity contribution in [1.82, 2.24) is 0 Å². The summed E-state index contributed by atoms with van der Waals surface area (Å²) in [6.45, 7) is 2.00. The molecule has 6 heteroatoms. The number of nitro groups is 1. The Morgan fingerprint density at radius 3 is 2.89 bits per heavy atom. The Kier molecular flexibility index (Phi) is 4.98. The fraction of sp³-hybridized carbons (Fsp3) is 0.250. The van der Waals surface area contributed by atoms with E-state index in [2.05, 4.69) is 0 Å². The van der Waals surface area contributed by atoms with E-state index >= 15 is 0 Å². The van der Waals surface area contributed by atoms with E-state index in [0.29, 0.717) is 12.2 Å². The summed E-state index contributed by atoms with van der Waals surface area (Å²) in [5.41, 5.74) is -0.138. The molecule has 96 valence electrons. The number of halogens is 1. The second kappa shape index (κ2) is 6.48. The van der Waals surface area contributed by atoms with Crippen molar-refractivity contribution in [1.29, 1.82) is 0 Å². The van der Waals surface area contributed by atoms with Crippen molar-refractivity contribution in [2.45, 2.75) is 13.3 Å². The topological polar surface area (TPSA) is 69.4 Å². The molecule has 0 saturated heterocycles. The molecule has 5 nitrogen and oxygen atoms in total. The van der Waals surface area contributed by atoms with Crippen LogP contribution < -0.4 is 0 Å². The first kappa shape index (κ1) is 13.8. The smallest absolute Gasteiger partial charge is 0.309 e. The molecule has 18 heavy (non-hydrogen) atoms. The lowest BCUT2D eigenvalue weighted by molar-refractivity contribution is -0.387. The zero-order valence-electron chi connectivity index (χ0n) is 9.76. The van der Waals surface area contributed by atoms with Crippen molar-refractivity contribution in [3.05, 3.63) is 45.8 Å². The van der Waals surface area contributed by atoms with Crippen LogP contribution in [0.2, 0.25) is 0 Å². The molecular formula is C12H12FNO4. The first-order valence-electron chi connectivity index (χ1n) is 5.30. The number of carbonyl (C=O) groups excluding carboxylic acids is 1. The van der Waals surface area contributed by atoms with Gasteiger partial charge < -0.3 is 4.74 Å². The quantitative estimate of drug-likeness (QED) is 0.459. The van der Waals surface area contributed by atoms with Gasteiger partial charge in [-0.05, 0) is 18.6 Å². The average Bonchev–Trinajstić information content (AvgIpc) is 2.31. The summed E-state index contributed by atoms with van der Waals surface area (Å²) in [4.78, 5) is 20.7. The molecule has 0 amide bonds. The minimum absolute atomic E-state index is 0.0685. The van der Waals surface area contributed by atoms with Crippen LogP contribution in [0.15, 0.2) is 24.3 Å². The number of carbonyl (C=O) groups is 1. The highest BCUT2D eigenvalue weighted by atomic mass is 19.1. The van der Waals surface area contributed by atoms with Gasteiger partial charge in [0.1, 0.15) is 0 Å². The SMILES string of the molecule is CCOC(=O)CC=Cc1ccc(F)c([N+](=O)[O-])c1. The molecule has 0 aliphatic rings. The lowest BCUT2D eigenvalue weighted by Gasteiger charge is -1.98. The molecule has 0 heterocycles. The maximum atomic E-state index is 13.0. The highest BCUT2D eigenvalue weighted by Crippen LogP contribution is 2.19. The molecule has 0 atom stereocenters. The second-order valence-corrected chi connectivity index (χ2v) is 3.38. The predicted molar refractivity (Wildman–Crippen MR) is 63.3 cm³/mol. The normalized spacial score (nSPS) is 10.6. The summed E-state index contributed by atoms with van der Waals surface area (Å²) in [5, 5.41) is 10.5. The number of rotatable bonds is 5. The van der Waals surface area contributed by atoms with E-state index in [1.807, 2.05) is 0 Å². The first-order chi connectivity index (χ1) is 8.54. The highest BCUT2D eigenvalue weighted by molar-refractivity contribution is 5.72. The van der Waals surface area contributed by atoms with Gasteiger partial charge in [0.05, 0.1) is 18.0 Å². The van der Waals surface area contributed by atoms with Gasteiger partial charge in [0.2, 0.25) is 5.82 Å². The minimum atomic E-state index is -0.887. The van der Waals surface area contributed by atoms with Crippen molar-refractivity contribution in [3.8, 4) is 0 Å². The van der Waals surface area contributed by atoms with Gasteiger partial charge in [0.25, 0.3) is 0 Å². The third-order valence-electron chi connectivity index (χ3n) is 2.07. The van der Waals surface area contributed by atoms with Crippen LogP contribution in [0.5, 0.6) is 0 Å². The molecule has 0 bridgehead atoms. The Hall–Kier alpha value is -2.24. The molecular weight excluding hydrogens is 241 g/mol. The molecule has 0 aromatic heterocycles. The summed E-state index contributed by atoms with van der Waals surface area (Å²) in [6.07, 6.45) is 3.08. The molecule has 0 saturated carbocycles. The largest absolute Gasteiger partial charge is 0.466 e. The number of hydrogen-bond donors (Lipinski definition) is 0. The maximum absolute atomic E-state index is 13.0. The Labute approximate surface area is 103 Å². The summed E-state index contributed by atoms with van der Waals surface area (Å²) in [6, 6.07) is 3.52. The van der Waals surface area contributed by atoms with Crippen molar-refractivity contribution < 1.29 is 18.8 Å². The van der Waals surface area contributed by atoms with Gasteiger partial charge in [0.15, 0.2) is 0 Å². The molecule has 0 fully saturated rings. The standard InChI is InChI=1S/C12H12FNO4/c1-2-18-12(15)5-3-4-9-6-7-10(13)11(8-9)14(16)17/h3-4,6-8H,2,5H2,1H3. The minimum Gasteiger partial charge on any atom is -0.466 e. The van der Waals surface area contributed by atoms with E-state index < -0.39 is 16.4 Å². The second-order valence-electron chi connectivity index (χ2n) is 3.38. The molecule has 0 N–H and O–H groups in total. The van der Waals surface area contributed by atoms with Gasteiger partial charge in [-0.3, -0.25) is 14.9 Å². The van der Waals surface area contributed by atoms with Crippen molar-refractivity contribution in [3.63, 3.8) is 0 Å². The van der Waals surface area contributed by atoms with Crippen molar-refractivity contribution >= 4 is 17.7 Å². The van der Waals surface area contributed by atoms with E-state index in [9.17, 15) is 19.3 Å². The Morgan fingerprint density at radius 1 is 1.56 bits per heavy atom. The van der Waals surface area contributed by atoms with E-state index in [-0.39, 0.29) is 12.4 Å². The maximum Gasteiger partial charge on any atom is 0.309 e. The van der Waals surface area contributed by atoms with Gasteiger partial charge in [-0.25, -0.2) is 0 Å². The van der Waals surface area contributed by atoms with E-state index in [1.165, 1.54) is 18.2 Å². The molecule has 0 unspecified atom stereocenters. The number of esters is 1. The highest BCUT2D eigenvalue weighted by Gasteiger charge is 2.13. The number of benzene rings is 1. The molecule has 0 aliphatic carbocycles. The monoisotopic (exact) mass is 253 g/mol. The molecule has 1 aromatic rings. The van der Waals surface area contributed by atoms with E-state index in [4.69, 9.17) is 4.74 Å². The summed E-state index contributed by atoms with van der Waals surface area (Å²) in [5.74, 6) is -1.27. The van der Waals surface area contributed by atoms with Crippen LogP contribution in [-0.2, 0) is 9.53 Å². The van der Waals surface area contributed by atoms with Crippen LogP contribution in [0.4, 0.5) is 10.1 Å². The van der Waals surface area contributed by atoms with E-state index in [1.54, 1.807) is 6.92 Å². The third-order valence-corrected chi connectivity index (χ3v) is 2.07. The van der Waals surface area contributed by atoms with Crippen molar-refractivity contribution in [2.24, 2.45) is 0 Å². The number of nitrogens with zero attached hydrogens (tertiary/aromatic N) is 1. The van der Waals surface area contributed by atoms with Crippen molar-refractivity contribution in [2.75, 3.05) is 6.61 Å². The fourth-order valence-electron chi connectivity index (χ4n) is 1.28. The molecule has 0 spiro atoms. The van der Waals surface area contributed by atoms with Crippen LogP contribution in [0.3, 0.4) is 0 Å². The molecule has 1 rings (SSSR count).